The van der Waals surface area contributed by atoms with Crippen molar-refractivity contribution >= 4 is 6.03 Å². The number of nitrogens with one attached hydrogen (secondary N) is 2. The summed E-state index contributed by atoms with van der Waals surface area (Å²) >= 11 is 0. The normalized spacial score (nSPS) is 32.3. The summed E-state index contributed by atoms with van der Waals surface area (Å²) in [4.78, 5) is 12.0. The fourth-order valence-electron chi connectivity index (χ4n) is 3.13. The Kier molecular flexibility index (Phi) is 3.46. The first-order valence-corrected chi connectivity index (χ1v) is 7.47. The molecule has 0 unspecified atom stereocenters. The number of rotatable bonds is 4. The molecule has 0 heterocycles. The zero-order chi connectivity index (χ0) is 12.5. The van der Waals surface area contributed by atoms with Gasteiger partial charge in [0.05, 0.1) is 6.10 Å². The number of carbonyl (C=O) groups is 1. The van der Waals surface area contributed by atoms with Crippen LogP contribution >= 0.6 is 0 Å². The van der Waals surface area contributed by atoms with Crippen molar-refractivity contribution in [2.24, 2.45) is 11.8 Å². The van der Waals surface area contributed by atoms with Crippen LogP contribution < -0.4 is 10.6 Å². The third-order valence-electron chi connectivity index (χ3n) is 4.59. The molecular weight excluding hydrogens is 228 g/mol. The van der Waals surface area contributed by atoms with Crippen LogP contribution in [0.3, 0.4) is 0 Å². The third kappa shape index (κ3) is 3.16. The van der Waals surface area contributed by atoms with Gasteiger partial charge in [0, 0.05) is 12.1 Å². The number of hydrogen-bond donors (Lipinski definition) is 3. The van der Waals surface area contributed by atoms with Gasteiger partial charge in [-0.2, -0.15) is 0 Å². The lowest BCUT2D eigenvalue weighted by atomic mass is 9.93. The molecule has 0 aromatic carbocycles. The molecule has 3 fully saturated rings. The smallest absolute Gasteiger partial charge is 0.315 e. The van der Waals surface area contributed by atoms with Crippen LogP contribution in [0.5, 0.6) is 0 Å². The van der Waals surface area contributed by atoms with E-state index in [1.807, 2.05) is 0 Å². The van der Waals surface area contributed by atoms with Gasteiger partial charge in [-0.05, 0) is 63.2 Å². The van der Waals surface area contributed by atoms with E-state index >= 15 is 0 Å². The molecule has 0 saturated heterocycles. The minimum atomic E-state index is -0.156. The van der Waals surface area contributed by atoms with Crippen molar-refractivity contribution in [2.75, 3.05) is 0 Å². The first kappa shape index (κ1) is 12.3. The number of urea groups is 1. The number of amides is 2. The molecule has 0 atom stereocenters. The lowest BCUT2D eigenvalue weighted by Gasteiger charge is -2.27. The Morgan fingerprint density at radius 3 is 2.00 bits per heavy atom. The Labute approximate surface area is 109 Å². The van der Waals surface area contributed by atoms with Gasteiger partial charge in [-0.25, -0.2) is 4.79 Å². The molecule has 3 N–H and O–H groups in total. The summed E-state index contributed by atoms with van der Waals surface area (Å²) < 4.78 is 0. The molecular formula is C14H24N2O2. The standard InChI is InChI=1S/C14H24N2O2/c17-12-7-5-11(6-8-12)15-14(18)16-13(9-1-2-9)10-3-4-10/h9-13,17H,1-8H2,(H2,15,16,18). The Morgan fingerprint density at radius 1 is 0.944 bits per heavy atom. The average Bonchev–Trinajstić information content (AvgIpc) is 3.22. The predicted molar refractivity (Wildman–Crippen MR) is 69.2 cm³/mol. The highest BCUT2D eigenvalue weighted by Gasteiger charge is 2.42. The van der Waals surface area contributed by atoms with Crippen molar-refractivity contribution in [1.29, 1.82) is 0 Å². The van der Waals surface area contributed by atoms with Gasteiger partial charge in [0.1, 0.15) is 0 Å². The van der Waals surface area contributed by atoms with Gasteiger partial charge in [0.15, 0.2) is 0 Å². The van der Waals surface area contributed by atoms with E-state index in [4.69, 9.17) is 0 Å². The second-order valence-electron chi connectivity index (χ2n) is 6.32. The molecule has 2 amide bonds. The van der Waals surface area contributed by atoms with Gasteiger partial charge in [-0.3, -0.25) is 0 Å². The molecule has 0 radical (unpaired) electrons. The van der Waals surface area contributed by atoms with Crippen molar-refractivity contribution in [2.45, 2.75) is 69.6 Å². The molecule has 0 spiro atoms. The molecule has 18 heavy (non-hydrogen) atoms. The Morgan fingerprint density at radius 2 is 1.50 bits per heavy atom. The quantitative estimate of drug-likeness (QED) is 0.714. The van der Waals surface area contributed by atoms with Gasteiger partial charge in [0.2, 0.25) is 0 Å². The molecule has 102 valence electrons. The van der Waals surface area contributed by atoms with Gasteiger partial charge in [-0.1, -0.05) is 0 Å². The monoisotopic (exact) mass is 252 g/mol. The van der Waals surface area contributed by atoms with E-state index in [1.54, 1.807) is 0 Å². The Balaban J connectivity index is 1.43. The van der Waals surface area contributed by atoms with Crippen LogP contribution in [0.1, 0.15) is 51.4 Å². The zero-order valence-electron chi connectivity index (χ0n) is 10.9. The van der Waals surface area contributed by atoms with E-state index in [-0.39, 0.29) is 18.2 Å². The fraction of sp³-hybridized carbons (Fsp3) is 0.929. The van der Waals surface area contributed by atoms with Crippen LogP contribution in [-0.4, -0.2) is 29.3 Å². The van der Waals surface area contributed by atoms with Gasteiger partial charge in [-0.15, -0.1) is 0 Å². The van der Waals surface area contributed by atoms with Gasteiger partial charge in [0.25, 0.3) is 0 Å². The third-order valence-corrected chi connectivity index (χ3v) is 4.59. The SMILES string of the molecule is O=C(NC1CCC(O)CC1)NC(C1CC1)C1CC1. The Hall–Kier alpha value is -0.770. The lowest BCUT2D eigenvalue weighted by Crippen LogP contribution is -2.48. The zero-order valence-corrected chi connectivity index (χ0v) is 10.9. The molecule has 0 aliphatic heterocycles. The van der Waals surface area contributed by atoms with Crippen molar-refractivity contribution in [3.05, 3.63) is 0 Å². The molecule has 3 aliphatic carbocycles. The summed E-state index contributed by atoms with van der Waals surface area (Å²) in [6.45, 7) is 0. The summed E-state index contributed by atoms with van der Waals surface area (Å²) in [7, 11) is 0. The number of aliphatic hydroxyl groups is 1. The van der Waals surface area contributed by atoms with Crippen molar-refractivity contribution < 1.29 is 9.90 Å². The molecule has 4 nitrogen and oxygen atoms in total. The van der Waals surface area contributed by atoms with E-state index in [2.05, 4.69) is 10.6 Å². The van der Waals surface area contributed by atoms with Crippen molar-refractivity contribution in [3.63, 3.8) is 0 Å². The van der Waals surface area contributed by atoms with Crippen molar-refractivity contribution in [1.82, 2.24) is 10.6 Å². The molecule has 3 aliphatic rings. The topological polar surface area (TPSA) is 61.4 Å². The molecule has 3 rings (SSSR count). The second-order valence-corrected chi connectivity index (χ2v) is 6.32. The van der Waals surface area contributed by atoms with Crippen LogP contribution in [-0.2, 0) is 0 Å². The highest BCUT2D eigenvalue weighted by Crippen LogP contribution is 2.44. The second kappa shape index (κ2) is 5.08. The predicted octanol–water partition coefficient (Wildman–Crippen LogP) is 1.78. The first-order valence-electron chi connectivity index (χ1n) is 7.47. The van der Waals surface area contributed by atoms with Crippen molar-refractivity contribution in [3.8, 4) is 0 Å². The average molecular weight is 252 g/mol. The minimum Gasteiger partial charge on any atom is -0.393 e. The van der Waals surface area contributed by atoms with Crippen LogP contribution in [0, 0.1) is 11.8 Å². The molecule has 0 bridgehead atoms. The van der Waals surface area contributed by atoms with Gasteiger partial charge < -0.3 is 15.7 Å². The van der Waals surface area contributed by atoms with Crippen LogP contribution in [0.15, 0.2) is 0 Å². The largest absolute Gasteiger partial charge is 0.393 e. The Bertz CT molecular complexity index is 293. The molecule has 0 aromatic heterocycles. The number of hydrogen-bond acceptors (Lipinski definition) is 2. The fourth-order valence-corrected chi connectivity index (χ4v) is 3.13. The summed E-state index contributed by atoms with van der Waals surface area (Å²) in [5, 5.41) is 15.7. The highest BCUT2D eigenvalue weighted by atomic mass is 16.3. The van der Waals surface area contributed by atoms with E-state index in [9.17, 15) is 9.90 Å². The first-order chi connectivity index (χ1) is 8.72. The lowest BCUT2D eigenvalue weighted by molar-refractivity contribution is 0.117. The summed E-state index contributed by atoms with van der Waals surface area (Å²) in [5.41, 5.74) is 0. The summed E-state index contributed by atoms with van der Waals surface area (Å²) in [6.07, 6.45) is 8.46. The van der Waals surface area contributed by atoms with Gasteiger partial charge >= 0.3 is 6.03 Å². The molecule has 3 saturated carbocycles. The number of aliphatic hydroxyl groups excluding tert-OH is 1. The number of carbonyl (C=O) groups excluding carboxylic acids is 1. The van der Waals surface area contributed by atoms with E-state index in [0.29, 0.717) is 6.04 Å². The molecule has 0 aromatic rings. The maximum atomic E-state index is 12.0. The summed E-state index contributed by atoms with van der Waals surface area (Å²) in [5.74, 6) is 1.49. The van der Waals surface area contributed by atoms with E-state index < -0.39 is 0 Å². The van der Waals surface area contributed by atoms with Crippen LogP contribution in [0.25, 0.3) is 0 Å². The maximum Gasteiger partial charge on any atom is 0.315 e. The van der Waals surface area contributed by atoms with Crippen LogP contribution in [0.4, 0.5) is 4.79 Å². The maximum absolute atomic E-state index is 12.0. The van der Waals surface area contributed by atoms with E-state index in [1.165, 1.54) is 25.7 Å². The molecule has 4 heteroatoms. The summed E-state index contributed by atoms with van der Waals surface area (Å²) in [6, 6.07) is 0.701. The minimum absolute atomic E-state index is 0.0141. The van der Waals surface area contributed by atoms with E-state index in [0.717, 1.165) is 37.5 Å². The van der Waals surface area contributed by atoms with Crippen LogP contribution in [0.2, 0.25) is 0 Å². The highest BCUT2D eigenvalue weighted by molar-refractivity contribution is 5.74.